The Morgan fingerprint density at radius 3 is 2.44 bits per heavy atom. The van der Waals surface area contributed by atoms with Crippen LogP contribution in [0.15, 0.2) is 30.3 Å². The van der Waals surface area contributed by atoms with Crippen molar-refractivity contribution in [3.8, 4) is 0 Å². The molecule has 2 atom stereocenters. The standard InChI is InChI=1S/C14H18O2/c1-14(2)11(12(14)13(15)16)9-8-10-6-4-3-5-7-10/h3-7,11-12H,8-9H2,1-2H3,(H,15,16)/t11-,12+/m1/s1. The Labute approximate surface area is 96.3 Å². The molecule has 0 radical (unpaired) electrons. The van der Waals surface area contributed by atoms with Gasteiger partial charge in [0.1, 0.15) is 0 Å². The van der Waals surface area contributed by atoms with Gasteiger partial charge in [0.05, 0.1) is 5.92 Å². The van der Waals surface area contributed by atoms with Crippen molar-refractivity contribution in [2.75, 3.05) is 0 Å². The fourth-order valence-corrected chi connectivity index (χ4v) is 2.74. The lowest BCUT2D eigenvalue weighted by Gasteiger charge is -2.02. The maximum atomic E-state index is 11.0. The third-order valence-corrected chi connectivity index (χ3v) is 3.90. The molecule has 1 aromatic rings. The molecular formula is C14H18O2. The molecule has 0 aromatic heterocycles. The molecule has 1 N–H and O–H groups in total. The minimum atomic E-state index is -0.636. The Kier molecular flexibility index (Phi) is 2.75. The number of carbonyl (C=O) groups is 1. The van der Waals surface area contributed by atoms with E-state index in [0.717, 1.165) is 12.8 Å². The van der Waals surface area contributed by atoms with Gasteiger partial charge in [0.15, 0.2) is 0 Å². The molecule has 86 valence electrons. The van der Waals surface area contributed by atoms with Gasteiger partial charge < -0.3 is 5.11 Å². The van der Waals surface area contributed by atoms with Crippen molar-refractivity contribution in [3.63, 3.8) is 0 Å². The zero-order valence-corrected chi connectivity index (χ0v) is 9.81. The molecule has 16 heavy (non-hydrogen) atoms. The van der Waals surface area contributed by atoms with Crippen LogP contribution in [0.3, 0.4) is 0 Å². The number of benzene rings is 1. The Hall–Kier alpha value is -1.31. The van der Waals surface area contributed by atoms with Crippen LogP contribution in [-0.2, 0) is 11.2 Å². The monoisotopic (exact) mass is 218 g/mol. The average Bonchev–Trinajstić information content (AvgIpc) is 2.79. The minimum Gasteiger partial charge on any atom is -0.481 e. The summed E-state index contributed by atoms with van der Waals surface area (Å²) in [6, 6.07) is 10.3. The minimum absolute atomic E-state index is 0.0133. The topological polar surface area (TPSA) is 37.3 Å². The Balaban J connectivity index is 1.91. The van der Waals surface area contributed by atoms with Gasteiger partial charge in [-0.15, -0.1) is 0 Å². The van der Waals surface area contributed by atoms with Crippen molar-refractivity contribution >= 4 is 5.97 Å². The van der Waals surface area contributed by atoms with Gasteiger partial charge in [0, 0.05) is 0 Å². The molecule has 0 bridgehead atoms. The Morgan fingerprint density at radius 2 is 1.94 bits per heavy atom. The molecule has 1 aliphatic rings. The third kappa shape index (κ3) is 1.97. The zero-order valence-electron chi connectivity index (χ0n) is 9.81. The molecular weight excluding hydrogens is 200 g/mol. The van der Waals surface area contributed by atoms with E-state index in [1.165, 1.54) is 5.56 Å². The van der Waals surface area contributed by atoms with Crippen molar-refractivity contribution in [2.24, 2.45) is 17.3 Å². The molecule has 0 amide bonds. The first-order valence-electron chi connectivity index (χ1n) is 5.80. The van der Waals surface area contributed by atoms with Gasteiger partial charge in [-0.05, 0) is 29.7 Å². The molecule has 0 spiro atoms. The number of rotatable bonds is 4. The molecule has 0 unspecified atom stereocenters. The van der Waals surface area contributed by atoms with E-state index in [1.54, 1.807) is 0 Å². The Bertz CT molecular complexity index is 381. The quantitative estimate of drug-likeness (QED) is 0.843. The number of hydrogen-bond donors (Lipinski definition) is 1. The van der Waals surface area contributed by atoms with Gasteiger partial charge >= 0.3 is 5.97 Å². The molecule has 2 heteroatoms. The highest BCUT2D eigenvalue weighted by Crippen LogP contribution is 2.60. The summed E-state index contributed by atoms with van der Waals surface area (Å²) in [6.07, 6.45) is 1.96. The maximum absolute atomic E-state index is 11.0. The van der Waals surface area contributed by atoms with Crippen molar-refractivity contribution in [3.05, 3.63) is 35.9 Å². The lowest BCUT2D eigenvalue weighted by Crippen LogP contribution is -2.03. The second-order valence-corrected chi connectivity index (χ2v) is 5.27. The highest BCUT2D eigenvalue weighted by molar-refractivity contribution is 5.75. The van der Waals surface area contributed by atoms with Crippen molar-refractivity contribution in [1.29, 1.82) is 0 Å². The van der Waals surface area contributed by atoms with Crippen molar-refractivity contribution in [2.45, 2.75) is 26.7 Å². The summed E-state index contributed by atoms with van der Waals surface area (Å²) in [5.41, 5.74) is 1.29. The molecule has 1 saturated carbocycles. The van der Waals surface area contributed by atoms with Gasteiger partial charge in [0.25, 0.3) is 0 Å². The number of aliphatic carboxylic acids is 1. The van der Waals surface area contributed by atoms with E-state index in [1.807, 2.05) is 18.2 Å². The largest absolute Gasteiger partial charge is 0.481 e. The second-order valence-electron chi connectivity index (χ2n) is 5.27. The molecule has 0 aliphatic heterocycles. The van der Waals surface area contributed by atoms with E-state index in [0.29, 0.717) is 5.92 Å². The average molecular weight is 218 g/mol. The predicted molar refractivity (Wildman–Crippen MR) is 63.2 cm³/mol. The van der Waals surface area contributed by atoms with Crippen LogP contribution >= 0.6 is 0 Å². The molecule has 1 fully saturated rings. The Morgan fingerprint density at radius 1 is 1.31 bits per heavy atom. The fourth-order valence-electron chi connectivity index (χ4n) is 2.74. The van der Waals surface area contributed by atoms with E-state index in [2.05, 4.69) is 26.0 Å². The third-order valence-electron chi connectivity index (χ3n) is 3.90. The zero-order chi connectivity index (χ0) is 11.8. The van der Waals surface area contributed by atoms with Crippen LogP contribution in [0.4, 0.5) is 0 Å². The number of carboxylic acid groups (broad SMARTS) is 1. The summed E-state index contributed by atoms with van der Waals surface area (Å²) >= 11 is 0. The highest BCUT2D eigenvalue weighted by atomic mass is 16.4. The summed E-state index contributed by atoms with van der Waals surface area (Å²) in [7, 11) is 0. The van der Waals surface area contributed by atoms with Crippen LogP contribution in [0.25, 0.3) is 0 Å². The van der Waals surface area contributed by atoms with Gasteiger partial charge in [-0.1, -0.05) is 44.2 Å². The lowest BCUT2D eigenvalue weighted by atomic mass is 10.0. The van der Waals surface area contributed by atoms with Gasteiger partial charge in [-0.25, -0.2) is 0 Å². The van der Waals surface area contributed by atoms with Crippen LogP contribution in [0, 0.1) is 17.3 Å². The molecule has 2 rings (SSSR count). The van der Waals surface area contributed by atoms with Gasteiger partial charge in [0.2, 0.25) is 0 Å². The molecule has 1 aromatic carbocycles. The van der Waals surface area contributed by atoms with Crippen molar-refractivity contribution in [1.82, 2.24) is 0 Å². The van der Waals surface area contributed by atoms with Gasteiger partial charge in [-0.3, -0.25) is 4.79 Å². The maximum Gasteiger partial charge on any atom is 0.307 e. The lowest BCUT2D eigenvalue weighted by molar-refractivity contribution is -0.139. The van der Waals surface area contributed by atoms with E-state index < -0.39 is 5.97 Å². The molecule has 0 saturated heterocycles. The summed E-state index contributed by atoms with van der Waals surface area (Å²) in [6.45, 7) is 4.11. The van der Waals surface area contributed by atoms with E-state index >= 15 is 0 Å². The van der Waals surface area contributed by atoms with Crippen LogP contribution in [0.5, 0.6) is 0 Å². The van der Waals surface area contributed by atoms with E-state index in [4.69, 9.17) is 5.11 Å². The number of hydrogen-bond acceptors (Lipinski definition) is 1. The SMILES string of the molecule is CC1(C)[C@H](CCc2ccccc2)[C@H]1C(=O)O. The van der Waals surface area contributed by atoms with E-state index in [-0.39, 0.29) is 11.3 Å². The van der Waals surface area contributed by atoms with Crippen molar-refractivity contribution < 1.29 is 9.90 Å². The van der Waals surface area contributed by atoms with E-state index in [9.17, 15) is 4.79 Å². The fraction of sp³-hybridized carbons (Fsp3) is 0.500. The normalized spacial score (nSPS) is 26.4. The number of aryl methyl sites for hydroxylation is 1. The smallest absolute Gasteiger partial charge is 0.307 e. The molecule has 1 aliphatic carbocycles. The van der Waals surface area contributed by atoms with Crippen LogP contribution < -0.4 is 0 Å². The first-order valence-corrected chi connectivity index (χ1v) is 5.80. The first-order chi connectivity index (χ1) is 7.53. The summed E-state index contributed by atoms with van der Waals surface area (Å²) in [5, 5.41) is 9.06. The summed E-state index contributed by atoms with van der Waals surface area (Å²) in [4.78, 5) is 11.0. The van der Waals surface area contributed by atoms with Gasteiger partial charge in [-0.2, -0.15) is 0 Å². The summed E-state index contributed by atoms with van der Waals surface area (Å²) in [5.74, 6) is -0.440. The van der Waals surface area contributed by atoms with Crippen LogP contribution in [0.2, 0.25) is 0 Å². The first kappa shape index (κ1) is 11.2. The van der Waals surface area contributed by atoms with Crippen LogP contribution in [-0.4, -0.2) is 11.1 Å². The predicted octanol–water partition coefficient (Wildman–Crippen LogP) is 2.98. The van der Waals surface area contributed by atoms with Crippen LogP contribution in [0.1, 0.15) is 25.8 Å². The highest BCUT2D eigenvalue weighted by Gasteiger charge is 2.61. The molecule has 2 nitrogen and oxygen atoms in total. The summed E-state index contributed by atoms with van der Waals surface area (Å²) < 4.78 is 0. The molecule has 0 heterocycles. The number of carboxylic acids is 1. The second kappa shape index (κ2) is 3.93.